The maximum absolute atomic E-state index is 10.1. The molecule has 1 aromatic carbocycles. The van der Waals surface area contributed by atoms with Crippen LogP contribution in [0, 0.1) is 6.92 Å². The van der Waals surface area contributed by atoms with E-state index in [2.05, 4.69) is 22.9 Å². The molecule has 0 unspecified atom stereocenters. The van der Waals surface area contributed by atoms with Gasteiger partial charge in [0.05, 0.1) is 7.11 Å². The molecule has 5 nitrogen and oxygen atoms in total. The third-order valence-corrected chi connectivity index (χ3v) is 5.67. The van der Waals surface area contributed by atoms with Crippen LogP contribution in [0.1, 0.15) is 40.8 Å². The summed E-state index contributed by atoms with van der Waals surface area (Å²) in [6.07, 6.45) is 3.70. The average molecular weight is 339 g/mol. The molecular formula is C20H25N3O2. The Hall–Kier alpha value is -2.11. The lowest BCUT2D eigenvalue weighted by Gasteiger charge is -2.46. The van der Waals surface area contributed by atoms with Crippen molar-refractivity contribution in [3.8, 4) is 11.5 Å². The molecule has 0 saturated carbocycles. The van der Waals surface area contributed by atoms with Crippen LogP contribution in [0.25, 0.3) is 0 Å². The first-order valence-electron chi connectivity index (χ1n) is 8.88. The molecule has 0 radical (unpaired) electrons. The lowest BCUT2D eigenvalue weighted by molar-refractivity contribution is 0.108. The molecule has 0 spiro atoms. The number of ether oxygens (including phenoxy) is 1. The van der Waals surface area contributed by atoms with Gasteiger partial charge in [-0.15, -0.1) is 0 Å². The summed E-state index contributed by atoms with van der Waals surface area (Å²) in [7, 11) is 1.59. The predicted molar refractivity (Wildman–Crippen MR) is 97.0 cm³/mol. The van der Waals surface area contributed by atoms with E-state index in [0.717, 1.165) is 31.6 Å². The summed E-state index contributed by atoms with van der Waals surface area (Å²) in [5, 5.41) is 10.1. The van der Waals surface area contributed by atoms with Crippen LogP contribution < -0.4 is 10.5 Å². The number of aromatic nitrogens is 1. The van der Waals surface area contributed by atoms with Gasteiger partial charge < -0.3 is 15.6 Å². The lowest BCUT2D eigenvalue weighted by Crippen LogP contribution is -2.50. The number of aryl methyl sites for hydroxylation is 1. The van der Waals surface area contributed by atoms with Crippen LogP contribution >= 0.6 is 0 Å². The van der Waals surface area contributed by atoms with Crippen LogP contribution in [0.3, 0.4) is 0 Å². The van der Waals surface area contributed by atoms with E-state index in [1.807, 2.05) is 24.4 Å². The van der Waals surface area contributed by atoms with E-state index in [0.29, 0.717) is 5.75 Å². The van der Waals surface area contributed by atoms with Gasteiger partial charge in [0.2, 0.25) is 0 Å². The van der Waals surface area contributed by atoms with E-state index >= 15 is 0 Å². The molecule has 25 heavy (non-hydrogen) atoms. The van der Waals surface area contributed by atoms with Crippen LogP contribution in [0.5, 0.6) is 11.5 Å². The molecule has 1 saturated heterocycles. The highest BCUT2D eigenvalue weighted by atomic mass is 16.5. The number of phenolic OH excluding ortho intramolecular Hbond substituents is 1. The van der Waals surface area contributed by atoms with E-state index in [-0.39, 0.29) is 23.8 Å². The average Bonchev–Trinajstić information content (AvgIpc) is 2.60. The number of rotatable bonds is 2. The van der Waals surface area contributed by atoms with Gasteiger partial charge >= 0.3 is 0 Å². The minimum atomic E-state index is 0.0706. The normalized spacial score (nSPS) is 26.0. The Morgan fingerprint density at radius 3 is 2.92 bits per heavy atom. The maximum Gasteiger partial charge on any atom is 0.160 e. The Morgan fingerprint density at radius 1 is 1.32 bits per heavy atom. The maximum atomic E-state index is 10.1. The number of hydrogen-bond donors (Lipinski definition) is 2. The fourth-order valence-electron chi connectivity index (χ4n) is 4.31. The number of methoxy groups -OCH3 is 1. The van der Waals surface area contributed by atoms with Crippen LogP contribution in [0.15, 0.2) is 30.5 Å². The third kappa shape index (κ3) is 2.87. The number of nitrogens with two attached hydrogens (primary N) is 1. The Bertz CT molecular complexity index is 793. The summed E-state index contributed by atoms with van der Waals surface area (Å²) in [6.45, 7) is 4.00. The summed E-state index contributed by atoms with van der Waals surface area (Å²) < 4.78 is 5.31. The van der Waals surface area contributed by atoms with Crippen LogP contribution in [0.4, 0.5) is 0 Å². The Balaban J connectivity index is 1.64. The Labute approximate surface area is 148 Å². The molecule has 1 fully saturated rings. The molecule has 2 aromatic rings. The largest absolute Gasteiger partial charge is 0.504 e. The van der Waals surface area contributed by atoms with Crippen LogP contribution in [-0.2, 0) is 6.42 Å². The minimum absolute atomic E-state index is 0.0706. The molecule has 0 aliphatic carbocycles. The molecule has 3 N–H and O–H groups in total. The van der Waals surface area contributed by atoms with E-state index in [9.17, 15) is 5.11 Å². The fourth-order valence-corrected chi connectivity index (χ4v) is 4.31. The Kier molecular flexibility index (Phi) is 4.13. The van der Waals surface area contributed by atoms with Crippen LogP contribution in [0.2, 0.25) is 0 Å². The summed E-state index contributed by atoms with van der Waals surface area (Å²) in [5.41, 5.74) is 11.4. The second-order valence-corrected chi connectivity index (χ2v) is 7.25. The number of benzene rings is 1. The summed E-state index contributed by atoms with van der Waals surface area (Å²) in [5.74, 6) is 1.02. The van der Waals surface area contributed by atoms with E-state index in [1.54, 1.807) is 7.11 Å². The van der Waals surface area contributed by atoms with Gasteiger partial charge in [-0.25, -0.2) is 0 Å². The van der Waals surface area contributed by atoms with Crippen molar-refractivity contribution in [1.29, 1.82) is 0 Å². The SMILES string of the molecule is COc1cc2c(cc1O)CCN1C[C@H](c3cc(C)ccn3)[C@@H](N)C[C@@H]21. The first-order valence-corrected chi connectivity index (χ1v) is 8.88. The molecule has 4 rings (SSSR count). The summed E-state index contributed by atoms with van der Waals surface area (Å²) in [6, 6.07) is 8.38. The van der Waals surface area contributed by atoms with Gasteiger partial charge in [-0.05, 0) is 60.7 Å². The molecule has 3 heterocycles. The van der Waals surface area contributed by atoms with E-state index in [1.165, 1.54) is 16.7 Å². The molecule has 0 bridgehead atoms. The van der Waals surface area contributed by atoms with Gasteiger partial charge in [0, 0.05) is 43.0 Å². The first-order chi connectivity index (χ1) is 12.1. The number of phenols is 1. The van der Waals surface area contributed by atoms with Crippen LogP contribution in [-0.4, -0.2) is 41.2 Å². The van der Waals surface area contributed by atoms with Crippen molar-refractivity contribution < 1.29 is 9.84 Å². The zero-order chi connectivity index (χ0) is 17.6. The number of aromatic hydroxyl groups is 1. The smallest absolute Gasteiger partial charge is 0.160 e. The van der Waals surface area contributed by atoms with Crippen molar-refractivity contribution in [2.24, 2.45) is 5.73 Å². The van der Waals surface area contributed by atoms with Crippen molar-refractivity contribution >= 4 is 0 Å². The van der Waals surface area contributed by atoms with Gasteiger partial charge in [-0.2, -0.15) is 0 Å². The lowest BCUT2D eigenvalue weighted by atomic mass is 9.79. The standard InChI is InChI=1S/C20H25N3O2/c1-12-3-5-22-17(7-12)15-11-23-6-4-13-8-19(24)20(25-2)9-14(13)18(23)10-16(15)21/h3,5,7-9,15-16,18,24H,4,6,10-11,21H2,1-2H3/t15-,16-,18-/m0/s1. The van der Waals surface area contributed by atoms with Gasteiger partial charge in [0.15, 0.2) is 11.5 Å². The number of piperidine rings is 1. The van der Waals surface area contributed by atoms with Crippen molar-refractivity contribution in [2.75, 3.05) is 20.2 Å². The first kappa shape index (κ1) is 16.4. The number of pyridine rings is 1. The summed E-state index contributed by atoms with van der Waals surface area (Å²) in [4.78, 5) is 7.09. The molecular weight excluding hydrogens is 314 g/mol. The van der Waals surface area contributed by atoms with E-state index in [4.69, 9.17) is 10.5 Å². The molecule has 2 aliphatic heterocycles. The van der Waals surface area contributed by atoms with Gasteiger partial charge in [0.25, 0.3) is 0 Å². The molecule has 5 heteroatoms. The molecule has 0 amide bonds. The monoisotopic (exact) mass is 339 g/mol. The molecule has 3 atom stereocenters. The van der Waals surface area contributed by atoms with Crippen molar-refractivity contribution in [3.63, 3.8) is 0 Å². The Morgan fingerprint density at radius 2 is 2.16 bits per heavy atom. The van der Waals surface area contributed by atoms with Gasteiger partial charge in [-0.1, -0.05) is 0 Å². The van der Waals surface area contributed by atoms with Gasteiger partial charge in [0.1, 0.15) is 0 Å². The topological polar surface area (TPSA) is 71.6 Å². The quantitative estimate of drug-likeness (QED) is 0.880. The minimum Gasteiger partial charge on any atom is -0.504 e. The predicted octanol–water partition coefficient (Wildman–Crippen LogP) is 2.52. The second kappa shape index (κ2) is 6.32. The molecule has 2 aliphatic rings. The van der Waals surface area contributed by atoms with E-state index < -0.39 is 0 Å². The summed E-state index contributed by atoms with van der Waals surface area (Å²) >= 11 is 0. The number of nitrogens with zero attached hydrogens (tertiary/aromatic N) is 2. The number of hydrogen-bond acceptors (Lipinski definition) is 5. The zero-order valence-corrected chi connectivity index (χ0v) is 14.8. The second-order valence-electron chi connectivity index (χ2n) is 7.25. The zero-order valence-electron chi connectivity index (χ0n) is 14.8. The highest BCUT2D eigenvalue weighted by Crippen LogP contribution is 2.43. The molecule has 132 valence electrons. The van der Waals surface area contributed by atoms with Crippen molar-refractivity contribution in [1.82, 2.24) is 9.88 Å². The van der Waals surface area contributed by atoms with Crippen molar-refractivity contribution in [2.45, 2.75) is 37.8 Å². The van der Waals surface area contributed by atoms with Gasteiger partial charge in [-0.3, -0.25) is 9.88 Å². The fraction of sp³-hybridized carbons (Fsp3) is 0.450. The highest BCUT2D eigenvalue weighted by Gasteiger charge is 2.39. The highest BCUT2D eigenvalue weighted by molar-refractivity contribution is 5.49. The number of fused-ring (bicyclic) bond motifs is 3. The third-order valence-electron chi connectivity index (χ3n) is 5.67. The van der Waals surface area contributed by atoms with Crippen molar-refractivity contribution in [3.05, 3.63) is 52.8 Å². The molecule has 1 aromatic heterocycles.